The van der Waals surface area contributed by atoms with Gasteiger partial charge in [-0.2, -0.15) is 18.4 Å². The number of nitrogens with two attached hydrogens (primary N) is 1. The van der Waals surface area contributed by atoms with Gasteiger partial charge in [0.2, 0.25) is 11.8 Å². The zero-order chi connectivity index (χ0) is 23.4. The van der Waals surface area contributed by atoms with Crippen molar-refractivity contribution in [3.8, 4) is 11.6 Å². The van der Waals surface area contributed by atoms with Crippen molar-refractivity contribution in [3.63, 3.8) is 0 Å². The molecule has 1 aliphatic heterocycles. The molecule has 0 radical (unpaired) electrons. The maximum absolute atomic E-state index is 13.4. The van der Waals surface area contributed by atoms with Crippen LogP contribution in [0.2, 0.25) is 0 Å². The smallest absolute Gasteiger partial charge is 0.388 e. The monoisotopic (exact) mass is 461 g/mol. The zero-order valence-electron chi connectivity index (χ0n) is 17.8. The number of ether oxygens (including phenoxy) is 2. The number of hydrogen-bond donors (Lipinski definition) is 1. The summed E-state index contributed by atoms with van der Waals surface area (Å²) in [5.41, 5.74) is 7.62. The SMILES string of the molecule is COc1cc(F)cc2c1nc(N)n1ncnc21.FC(F)Oc1ccc(N2CCCCC2)cn1. The molecule has 9 nitrogen and oxygen atoms in total. The fourth-order valence-corrected chi connectivity index (χ4v) is 3.64. The molecule has 0 unspecified atom stereocenters. The second-order valence-corrected chi connectivity index (χ2v) is 7.25. The number of piperidine rings is 1. The fraction of sp³-hybridized carbons (Fsp3) is 0.333. The maximum atomic E-state index is 13.4. The summed E-state index contributed by atoms with van der Waals surface area (Å²) >= 11 is 0. The first-order valence-corrected chi connectivity index (χ1v) is 10.2. The van der Waals surface area contributed by atoms with Crippen LogP contribution in [0, 0.1) is 5.82 Å². The van der Waals surface area contributed by atoms with Gasteiger partial charge in [0.15, 0.2) is 5.65 Å². The Morgan fingerprint density at radius 3 is 2.55 bits per heavy atom. The molecule has 3 aromatic heterocycles. The minimum atomic E-state index is -2.81. The number of nitrogens with zero attached hydrogens (tertiary/aromatic N) is 6. The molecule has 1 aromatic carbocycles. The summed E-state index contributed by atoms with van der Waals surface area (Å²) in [5.74, 6) is 0.0358. The Labute approximate surface area is 187 Å². The summed E-state index contributed by atoms with van der Waals surface area (Å²) in [5, 5.41) is 4.42. The lowest BCUT2D eigenvalue weighted by Gasteiger charge is -2.28. The number of hydrogen-bond acceptors (Lipinski definition) is 8. The van der Waals surface area contributed by atoms with Crippen molar-refractivity contribution in [3.05, 3.63) is 42.6 Å². The van der Waals surface area contributed by atoms with E-state index in [-0.39, 0.29) is 11.8 Å². The van der Waals surface area contributed by atoms with Crippen LogP contribution in [-0.4, -0.2) is 51.4 Å². The third-order valence-electron chi connectivity index (χ3n) is 5.14. The molecule has 0 amide bonds. The first kappa shape index (κ1) is 22.4. The Balaban J connectivity index is 0.000000157. The molecule has 12 heteroatoms. The molecule has 174 valence electrons. The normalized spacial score (nSPS) is 13.8. The molecule has 4 aromatic rings. The highest BCUT2D eigenvalue weighted by atomic mass is 19.3. The summed E-state index contributed by atoms with van der Waals surface area (Å²) in [6.07, 6.45) is 6.54. The van der Waals surface area contributed by atoms with Crippen molar-refractivity contribution in [2.45, 2.75) is 25.9 Å². The number of rotatable bonds is 4. The van der Waals surface area contributed by atoms with E-state index in [1.165, 1.54) is 55.4 Å². The van der Waals surface area contributed by atoms with E-state index in [1.54, 1.807) is 12.3 Å². The minimum absolute atomic E-state index is 0.0317. The number of anilines is 2. The Kier molecular flexibility index (Phi) is 6.61. The van der Waals surface area contributed by atoms with E-state index >= 15 is 0 Å². The largest absolute Gasteiger partial charge is 0.494 e. The van der Waals surface area contributed by atoms with E-state index in [0.717, 1.165) is 18.8 Å². The first-order chi connectivity index (χ1) is 16.0. The van der Waals surface area contributed by atoms with Gasteiger partial charge in [-0.05, 0) is 31.4 Å². The molecule has 1 saturated heterocycles. The average molecular weight is 461 g/mol. The van der Waals surface area contributed by atoms with Gasteiger partial charge in [0.05, 0.1) is 24.4 Å². The van der Waals surface area contributed by atoms with E-state index in [0.29, 0.717) is 22.3 Å². The third-order valence-corrected chi connectivity index (χ3v) is 5.14. The Morgan fingerprint density at radius 1 is 1.09 bits per heavy atom. The summed E-state index contributed by atoms with van der Waals surface area (Å²) in [7, 11) is 1.44. The minimum Gasteiger partial charge on any atom is -0.494 e. The molecule has 2 N–H and O–H groups in total. The number of methoxy groups -OCH3 is 1. The van der Waals surface area contributed by atoms with Gasteiger partial charge in [-0.25, -0.2) is 19.3 Å². The average Bonchev–Trinajstić information content (AvgIpc) is 3.32. The number of nitrogen functional groups attached to an aromatic ring is 1. The van der Waals surface area contributed by atoms with Gasteiger partial charge in [-0.1, -0.05) is 0 Å². The van der Waals surface area contributed by atoms with Crippen LogP contribution in [-0.2, 0) is 0 Å². The number of aromatic nitrogens is 5. The third kappa shape index (κ3) is 4.99. The van der Waals surface area contributed by atoms with Crippen LogP contribution >= 0.6 is 0 Å². The number of halogens is 3. The van der Waals surface area contributed by atoms with Crippen LogP contribution in [0.5, 0.6) is 11.6 Å². The molecule has 0 aliphatic carbocycles. The quantitative estimate of drug-likeness (QED) is 0.491. The van der Waals surface area contributed by atoms with Gasteiger partial charge >= 0.3 is 6.61 Å². The molecular weight excluding hydrogens is 439 g/mol. The summed E-state index contributed by atoms with van der Waals surface area (Å²) in [6.45, 7) is -0.790. The van der Waals surface area contributed by atoms with Crippen molar-refractivity contribution in [1.82, 2.24) is 24.6 Å². The van der Waals surface area contributed by atoms with E-state index < -0.39 is 12.4 Å². The second-order valence-electron chi connectivity index (χ2n) is 7.25. The Bertz CT molecular complexity index is 1230. The molecular formula is C21H22F3N7O2. The molecule has 5 rings (SSSR count). The van der Waals surface area contributed by atoms with Crippen molar-refractivity contribution in [2.75, 3.05) is 30.8 Å². The van der Waals surface area contributed by atoms with E-state index in [4.69, 9.17) is 10.5 Å². The topological polar surface area (TPSA) is 104 Å². The molecule has 0 saturated carbocycles. The number of fused-ring (bicyclic) bond motifs is 3. The molecule has 0 atom stereocenters. The highest BCUT2D eigenvalue weighted by molar-refractivity contribution is 5.95. The predicted octanol–water partition coefficient (Wildman–Crippen LogP) is 3.68. The lowest BCUT2D eigenvalue weighted by atomic mass is 10.1. The number of alkyl halides is 2. The summed E-state index contributed by atoms with van der Waals surface area (Å²) < 4.78 is 47.8. The molecule has 1 fully saturated rings. The van der Waals surface area contributed by atoms with Crippen molar-refractivity contribution in [2.24, 2.45) is 0 Å². The summed E-state index contributed by atoms with van der Waals surface area (Å²) in [6, 6.07) is 5.84. The highest BCUT2D eigenvalue weighted by Crippen LogP contribution is 2.28. The van der Waals surface area contributed by atoms with Crippen molar-refractivity contribution in [1.29, 1.82) is 0 Å². The van der Waals surface area contributed by atoms with Crippen molar-refractivity contribution < 1.29 is 22.6 Å². The maximum Gasteiger partial charge on any atom is 0.388 e. The van der Waals surface area contributed by atoms with Crippen molar-refractivity contribution >= 4 is 28.2 Å². The standard InChI is InChI=1S/C11H14F2N2O.C10H8FN5O/c12-11(13)16-10-5-4-9(8-14-10)15-6-2-1-3-7-15;1-17-7-3-5(11)2-6-8(7)15-10(12)16-9(6)13-4-14-16/h4-5,8,11H,1-3,6-7H2;2-4H,1H3,(H2,12,15). The summed E-state index contributed by atoms with van der Waals surface area (Å²) in [4.78, 5) is 14.2. The van der Waals surface area contributed by atoms with Crippen LogP contribution in [0.3, 0.4) is 0 Å². The molecule has 1 aliphatic rings. The number of benzene rings is 1. The molecule has 33 heavy (non-hydrogen) atoms. The van der Waals surface area contributed by atoms with Gasteiger partial charge < -0.3 is 20.1 Å². The Hall–Kier alpha value is -3.83. The second kappa shape index (κ2) is 9.76. The predicted molar refractivity (Wildman–Crippen MR) is 116 cm³/mol. The molecule has 0 spiro atoms. The fourth-order valence-electron chi connectivity index (χ4n) is 3.64. The highest BCUT2D eigenvalue weighted by Gasteiger charge is 2.14. The van der Waals surface area contributed by atoms with E-state index in [1.807, 2.05) is 0 Å². The van der Waals surface area contributed by atoms with Crippen LogP contribution in [0.4, 0.5) is 24.8 Å². The molecule has 4 heterocycles. The van der Waals surface area contributed by atoms with E-state index in [9.17, 15) is 13.2 Å². The van der Waals surface area contributed by atoms with Gasteiger partial charge in [0, 0.05) is 25.2 Å². The first-order valence-electron chi connectivity index (χ1n) is 10.2. The van der Waals surface area contributed by atoms with Crippen LogP contribution < -0.4 is 20.1 Å². The van der Waals surface area contributed by atoms with Gasteiger partial charge in [0.1, 0.15) is 23.4 Å². The lowest BCUT2D eigenvalue weighted by Crippen LogP contribution is -2.29. The lowest BCUT2D eigenvalue weighted by molar-refractivity contribution is -0.0528. The van der Waals surface area contributed by atoms with Crippen LogP contribution in [0.15, 0.2) is 36.8 Å². The Morgan fingerprint density at radius 2 is 1.88 bits per heavy atom. The number of pyridine rings is 1. The molecule has 0 bridgehead atoms. The van der Waals surface area contributed by atoms with Crippen LogP contribution in [0.25, 0.3) is 16.6 Å². The van der Waals surface area contributed by atoms with Crippen LogP contribution in [0.1, 0.15) is 19.3 Å². The van der Waals surface area contributed by atoms with Gasteiger partial charge in [0.25, 0.3) is 0 Å². The zero-order valence-corrected chi connectivity index (χ0v) is 17.8. The van der Waals surface area contributed by atoms with E-state index in [2.05, 4.69) is 29.7 Å². The van der Waals surface area contributed by atoms with Gasteiger partial charge in [-0.3, -0.25) is 0 Å². The van der Waals surface area contributed by atoms with Gasteiger partial charge in [-0.15, -0.1) is 0 Å².